The minimum Gasteiger partial charge on any atom is -0.505 e. The van der Waals surface area contributed by atoms with Gasteiger partial charge in [-0.15, -0.1) is 0 Å². The van der Waals surface area contributed by atoms with E-state index in [0.717, 1.165) is 6.21 Å². The van der Waals surface area contributed by atoms with Gasteiger partial charge in [0.25, 0.3) is 5.91 Å². The van der Waals surface area contributed by atoms with Crippen LogP contribution >= 0.6 is 0 Å². The van der Waals surface area contributed by atoms with Crippen LogP contribution < -0.4 is 16.9 Å². The number of nitrogens with one attached hydrogen (secondary N) is 1. The van der Waals surface area contributed by atoms with E-state index in [-0.39, 0.29) is 29.2 Å². The molecule has 0 aliphatic carbocycles. The van der Waals surface area contributed by atoms with E-state index in [4.69, 9.17) is 11.5 Å². The van der Waals surface area contributed by atoms with Gasteiger partial charge < -0.3 is 21.7 Å². The molecule has 0 fully saturated rings. The number of amides is 1. The molecule has 0 bridgehead atoms. The van der Waals surface area contributed by atoms with E-state index in [1.165, 1.54) is 37.4 Å². The van der Waals surface area contributed by atoms with Gasteiger partial charge >= 0.3 is 0 Å². The van der Waals surface area contributed by atoms with Crippen molar-refractivity contribution in [3.8, 4) is 0 Å². The van der Waals surface area contributed by atoms with Crippen LogP contribution in [0.4, 0.5) is 0 Å². The van der Waals surface area contributed by atoms with Gasteiger partial charge in [-0.3, -0.25) is 4.79 Å². The molecular formula is C16H22N4O3. The molecule has 0 radical (unpaired) electrons. The summed E-state index contributed by atoms with van der Waals surface area (Å²) in [5.74, 6) is -0.796. The van der Waals surface area contributed by atoms with Crippen LogP contribution in [-0.2, 0) is 4.79 Å². The monoisotopic (exact) mass is 318 g/mol. The van der Waals surface area contributed by atoms with Gasteiger partial charge in [0.2, 0.25) is 0 Å². The average Bonchev–Trinajstić information content (AvgIpc) is 2.53. The summed E-state index contributed by atoms with van der Waals surface area (Å²) in [6.07, 6.45) is 7.98. The van der Waals surface area contributed by atoms with E-state index >= 15 is 0 Å². The topological polar surface area (TPSA) is 134 Å². The predicted molar refractivity (Wildman–Crippen MR) is 92.1 cm³/mol. The molecule has 7 heteroatoms. The third-order valence-electron chi connectivity index (χ3n) is 2.59. The second kappa shape index (κ2) is 10.6. The van der Waals surface area contributed by atoms with Gasteiger partial charge in [-0.1, -0.05) is 25.3 Å². The molecule has 0 aromatic carbocycles. The first-order valence-electron chi connectivity index (χ1n) is 6.59. The second-order valence-electron chi connectivity index (χ2n) is 4.25. The minimum absolute atomic E-state index is 0.129. The molecular weight excluding hydrogens is 296 g/mol. The predicted octanol–water partition coefficient (Wildman–Crippen LogP) is 0.896. The Kier molecular flexibility index (Phi) is 9.22. The van der Waals surface area contributed by atoms with Crippen molar-refractivity contribution in [2.24, 2.45) is 16.6 Å². The number of nitrogens with two attached hydrogens (primary N) is 2. The zero-order chi connectivity index (χ0) is 17.8. The Morgan fingerprint density at radius 2 is 2.04 bits per heavy atom. The molecule has 0 aliphatic rings. The van der Waals surface area contributed by atoms with Gasteiger partial charge in [-0.25, -0.2) is 5.43 Å². The zero-order valence-electron chi connectivity index (χ0n) is 13.0. The van der Waals surface area contributed by atoms with Gasteiger partial charge in [-0.2, -0.15) is 5.10 Å². The van der Waals surface area contributed by atoms with Crippen LogP contribution in [-0.4, -0.2) is 28.9 Å². The van der Waals surface area contributed by atoms with Crippen molar-refractivity contribution in [2.45, 2.75) is 6.92 Å². The fourth-order valence-electron chi connectivity index (χ4n) is 1.43. The number of carbonyl (C=O) groups is 1. The number of allylic oxidation sites excluding steroid dienone is 4. The van der Waals surface area contributed by atoms with Crippen molar-refractivity contribution >= 4 is 12.1 Å². The molecule has 0 aromatic rings. The largest absolute Gasteiger partial charge is 0.505 e. The standard InChI is InChI=1S/C16H22N4O3/c1-4-6-13(7-8-17)16(23)20-19-9-14(12(5-2)10-21)15(22)11(3)18/h4-9,21-22H,1-2,10,17-18H2,3H3,(H,20,23)/b8-7-,13-6+,14-12+,15-11+,19-9+. The number of aliphatic hydroxyl groups is 2. The van der Waals surface area contributed by atoms with Crippen molar-refractivity contribution < 1.29 is 15.0 Å². The first-order chi connectivity index (χ1) is 10.9. The Morgan fingerprint density at radius 3 is 2.48 bits per heavy atom. The Balaban J connectivity index is 5.45. The molecule has 7 N–H and O–H groups in total. The molecule has 0 saturated carbocycles. The van der Waals surface area contributed by atoms with Gasteiger partial charge in [0.15, 0.2) is 0 Å². The lowest BCUT2D eigenvalue weighted by molar-refractivity contribution is -0.117. The Bertz CT molecular complexity index is 607. The van der Waals surface area contributed by atoms with E-state index in [2.05, 4.69) is 23.7 Å². The Morgan fingerprint density at radius 1 is 1.39 bits per heavy atom. The SMILES string of the molecule is C=C/C=C(\C=C/N)C(=O)N/N=C/C(=C(/C=C)CO)C(/O)=C(/C)N. The first-order valence-corrected chi connectivity index (χ1v) is 6.59. The summed E-state index contributed by atoms with van der Waals surface area (Å²) in [6.45, 7) is 8.12. The quantitative estimate of drug-likeness (QED) is 0.149. The van der Waals surface area contributed by atoms with Crippen LogP contribution in [0.15, 0.2) is 76.9 Å². The maximum Gasteiger partial charge on any atom is 0.271 e. The molecule has 1 amide bonds. The van der Waals surface area contributed by atoms with Crippen molar-refractivity contribution in [1.29, 1.82) is 0 Å². The van der Waals surface area contributed by atoms with E-state index in [1.54, 1.807) is 0 Å². The maximum absolute atomic E-state index is 11.9. The van der Waals surface area contributed by atoms with Crippen molar-refractivity contribution in [3.05, 3.63) is 71.8 Å². The Labute approximate surface area is 135 Å². The third-order valence-corrected chi connectivity index (χ3v) is 2.59. The molecule has 23 heavy (non-hydrogen) atoms. The van der Waals surface area contributed by atoms with E-state index in [0.29, 0.717) is 5.57 Å². The van der Waals surface area contributed by atoms with Gasteiger partial charge in [0.05, 0.1) is 12.8 Å². The van der Waals surface area contributed by atoms with Crippen LogP contribution in [0.2, 0.25) is 0 Å². The fraction of sp³-hybridized carbons (Fsp3) is 0.125. The second-order valence-corrected chi connectivity index (χ2v) is 4.25. The average molecular weight is 318 g/mol. The van der Waals surface area contributed by atoms with Crippen molar-refractivity contribution in [2.75, 3.05) is 6.61 Å². The van der Waals surface area contributed by atoms with E-state index in [1.807, 2.05) is 0 Å². The zero-order valence-corrected chi connectivity index (χ0v) is 13.0. The third kappa shape index (κ3) is 6.49. The number of rotatable bonds is 8. The number of nitrogens with zero attached hydrogens (tertiary/aromatic N) is 1. The molecule has 0 atom stereocenters. The van der Waals surface area contributed by atoms with Gasteiger partial charge in [0, 0.05) is 16.8 Å². The van der Waals surface area contributed by atoms with Crippen LogP contribution in [0.25, 0.3) is 0 Å². The van der Waals surface area contributed by atoms with Crippen molar-refractivity contribution in [3.63, 3.8) is 0 Å². The normalized spacial score (nSPS) is 14.4. The smallest absolute Gasteiger partial charge is 0.271 e. The van der Waals surface area contributed by atoms with Crippen molar-refractivity contribution in [1.82, 2.24) is 5.43 Å². The maximum atomic E-state index is 11.9. The molecule has 0 spiro atoms. The van der Waals surface area contributed by atoms with Gasteiger partial charge in [-0.05, 0) is 30.8 Å². The molecule has 0 rings (SSSR count). The number of carbonyl (C=O) groups excluding carboxylic acids is 1. The molecule has 0 aliphatic heterocycles. The number of aliphatic hydroxyl groups excluding tert-OH is 2. The highest BCUT2D eigenvalue weighted by atomic mass is 16.3. The molecule has 0 saturated heterocycles. The summed E-state index contributed by atoms with van der Waals surface area (Å²) in [4.78, 5) is 11.9. The van der Waals surface area contributed by atoms with E-state index < -0.39 is 5.91 Å². The molecule has 0 aromatic heterocycles. The minimum atomic E-state index is -0.528. The fourth-order valence-corrected chi connectivity index (χ4v) is 1.43. The highest BCUT2D eigenvalue weighted by molar-refractivity contribution is 5.97. The van der Waals surface area contributed by atoms with Gasteiger partial charge in [0.1, 0.15) is 5.76 Å². The summed E-state index contributed by atoms with van der Waals surface area (Å²) in [5.41, 5.74) is 13.9. The van der Waals surface area contributed by atoms with E-state index in [9.17, 15) is 15.0 Å². The highest BCUT2D eigenvalue weighted by Gasteiger charge is 2.09. The first kappa shape index (κ1) is 19.9. The number of hydrogen-bond acceptors (Lipinski definition) is 6. The molecule has 0 heterocycles. The van der Waals surface area contributed by atoms with Crippen LogP contribution in [0.5, 0.6) is 0 Å². The Hall–Kier alpha value is -3.06. The number of hydrazone groups is 1. The van der Waals surface area contributed by atoms with Crippen LogP contribution in [0, 0.1) is 0 Å². The molecule has 0 unspecified atom stereocenters. The lowest BCUT2D eigenvalue weighted by atomic mass is 10.1. The lowest BCUT2D eigenvalue weighted by Gasteiger charge is -2.08. The summed E-state index contributed by atoms with van der Waals surface area (Å²) in [7, 11) is 0. The summed E-state index contributed by atoms with van der Waals surface area (Å²) >= 11 is 0. The molecule has 7 nitrogen and oxygen atoms in total. The highest BCUT2D eigenvalue weighted by Crippen LogP contribution is 2.13. The summed E-state index contributed by atoms with van der Waals surface area (Å²) in [6, 6.07) is 0. The van der Waals surface area contributed by atoms with Crippen LogP contribution in [0.1, 0.15) is 6.92 Å². The molecule has 124 valence electrons. The lowest BCUT2D eigenvalue weighted by Crippen LogP contribution is -2.19. The number of hydrogen-bond donors (Lipinski definition) is 5. The van der Waals surface area contributed by atoms with Crippen LogP contribution in [0.3, 0.4) is 0 Å². The summed E-state index contributed by atoms with van der Waals surface area (Å²) in [5, 5.41) is 22.9. The summed E-state index contributed by atoms with van der Waals surface area (Å²) < 4.78 is 0.